The molecule has 1 atom stereocenters. The average Bonchev–Trinajstić information content (AvgIpc) is 3.63. The molecule has 1 aliphatic heterocycles. The molecular weight excluding hydrogens is 439 g/mol. The highest BCUT2D eigenvalue weighted by molar-refractivity contribution is 7.80. The monoisotopic (exact) mass is 468 g/mol. The Labute approximate surface area is 198 Å². The van der Waals surface area contributed by atoms with Crippen LogP contribution in [0.2, 0.25) is 0 Å². The molecule has 2 aromatic rings. The summed E-state index contributed by atoms with van der Waals surface area (Å²) >= 11 is 5.53. The molecule has 2 aliphatic rings. The van der Waals surface area contributed by atoms with Gasteiger partial charge in [0, 0.05) is 30.4 Å². The van der Waals surface area contributed by atoms with E-state index in [0.717, 1.165) is 36.9 Å². The molecule has 6 nitrogen and oxygen atoms in total. The van der Waals surface area contributed by atoms with Crippen LogP contribution in [0.1, 0.15) is 41.6 Å². The van der Waals surface area contributed by atoms with E-state index < -0.39 is 6.04 Å². The average molecular weight is 469 g/mol. The first-order chi connectivity index (χ1) is 15.9. The molecule has 1 saturated carbocycles. The summed E-state index contributed by atoms with van der Waals surface area (Å²) in [7, 11) is 0. The number of thiocarbonyl (C=S) groups is 1. The number of nitrogens with one attached hydrogen (secondary N) is 3. The van der Waals surface area contributed by atoms with E-state index in [1.807, 2.05) is 24.0 Å². The number of hydrogen-bond acceptors (Lipinski definition) is 3. The maximum Gasteiger partial charge on any atom is 0.251 e. The van der Waals surface area contributed by atoms with Crippen molar-refractivity contribution >= 4 is 34.8 Å². The van der Waals surface area contributed by atoms with Gasteiger partial charge in [-0.3, -0.25) is 9.59 Å². The fraction of sp³-hybridized carbons (Fsp3) is 0.400. The van der Waals surface area contributed by atoms with Gasteiger partial charge < -0.3 is 20.9 Å². The third kappa shape index (κ3) is 6.28. The molecule has 2 fully saturated rings. The molecule has 8 heteroatoms. The highest BCUT2D eigenvalue weighted by atomic mass is 32.1. The lowest BCUT2D eigenvalue weighted by molar-refractivity contribution is -0.124. The van der Waals surface area contributed by atoms with E-state index >= 15 is 0 Å². The number of hydrogen-bond donors (Lipinski definition) is 3. The Kier molecular flexibility index (Phi) is 7.23. The van der Waals surface area contributed by atoms with Gasteiger partial charge in [0.25, 0.3) is 5.91 Å². The third-order valence-electron chi connectivity index (χ3n) is 6.20. The van der Waals surface area contributed by atoms with Crippen molar-refractivity contribution < 1.29 is 14.0 Å². The quantitative estimate of drug-likeness (QED) is 0.565. The third-order valence-corrected chi connectivity index (χ3v) is 6.56. The summed E-state index contributed by atoms with van der Waals surface area (Å²) in [5, 5.41) is 9.76. The van der Waals surface area contributed by atoms with Crippen LogP contribution >= 0.6 is 12.2 Å². The van der Waals surface area contributed by atoms with Gasteiger partial charge in [-0.25, -0.2) is 4.39 Å². The second-order valence-corrected chi connectivity index (χ2v) is 9.25. The molecule has 4 rings (SSSR count). The summed E-state index contributed by atoms with van der Waals surface area (Å²) in [6.07, 6.45) is 3.43. The first kappa shape index (κ1) is 23.2. The van der Waals surface area contributed by atoms with Gasteiger partial charge in [-0.1, -0.05) is 17.7 Å². The smallest absolute Gasteiger partial charge is 0.251 e. The lowest BCUT2D eigenvalue weighted by atomic mass is 9.88. The summed E-state index contributed by atoms with van der Waals surface area (Å²) in [5.41, 5.74) is 2.36. The standard InChI is InChI=1S/C25H29FN4O2S/c1-16-2-4-18(5-3-16)23(31)29-22(24(32)27-20-10-11-20)17-12-14-30(15-13-17)25(33)28-21-8-6-19(26)7-9-21/h2-9,17,20,22H,10-15H2,1H3,(H,27,32)(H,28,33)(H,29,31)/t22-/m0/s1. The second-order valence-electron chi connectivity index (χ2n) is 8.86. The molecule has 2 amide bonds. The highest BCUT2D eigenvalue weighted by Crippen LogP contribution is 2.25. The summed E-state index contributed by atoms with van der Waals surface area (Å²) < 4.78 is 13.1. The molecule has 0 aromatic heterocycles. The number of likely N-dealkylation sites (tertiary alicyclic amines) is 1. The van der Waals surface area contributed by atoms with Crippen LogP contribution in [-0.4, -0.2) is 47.0 Å². The molecule has 1 saturated heterocycles. The van der Waals surface area contributed by atoms with Crippen molar-refractivity contribution in [3.8, 4) is 0 Å². The van der Waals surface area contributed by atoms with Gasteiger partial charge in [-0.05, 0) is 87.1 Å². The summed E-state index contributed by atoms with van der Waals surface area (Å²) in [4.78, 5) is 27.9. The topological polar surface area (TPSA) is 73.5 Å². The minimum Gasteiger partial charge on any atom is -0.352 e. The van der Waals surface area contributed by atoms with E-state index in [1.54, 1.807) is 24.3 Å². The number of halogens is 1. The Balaban J connectivity index is 1.37. The van der Waals surface area contributed by atoms with Crippen LogP contribution in [0, 0.1) is 18.7 Å². The number of nitrogens with zero attached hydrogens (tertiary/aromatic N) is 1. The van der Waals surface area contributed by atoms with Crippen LogP contribution in [0.4, 0.5) is 10.1 Å². The zero-order chi connectivity index (χ0) is 23.4. The predicted octanol–water partition coefficient (Wildman–Crippen LogP) is 3.62. The zero-order valence-electron chi connectivity index (χ0n) is 18.6. The molecule has 1 aliphatic carbocycles. The Morgan fingerprint density at radius 3 is 2.24 bits per heavy atom. The van der Waals surface area contributed by atoms with E-state index in [2.05, 4.69) is 16.0 Å². The Morgan fingerprint density at radius 2 is 1.64 bits per heavy atom. The van der Waals surface area contributed by atoms with Crippen LogP contribution in [0.5, 0.6) is 0 Å². The van der Waals surface area contributed by atoms with Crippen molar-refractivity contribution in [2.24, 2.45) is 5.92 Å². The number of rotatable bonds is 6. The first-order valence-electron chi connectivity index (χ1n) is 11.4. The van der Waals surface area contributed by atoms with Crippen LogP contribution in [-0.2, 0) is 4.79 Å². The van der Waals surface area contributed by atoms with Gasteiger partial charge >= 0.3 is 0 Å². The lowest BCUT2D eigenvalue weighted by Gasteiger charge is -2.37. The molecule has 0 radical (unpaired) electrons. The zero-order valence-corrected chi connectivity index (χ0v) is 19.5. The van der Waals surface area contributed by atoms with Crippen molar-refractivity contribution in [1.82, 2.24) is 15.5 Å². The first-order valence-corrected chi connectivity index (χ1v) is 11.8. The van der Waals surface area contributed by atoms with E-state index in [9.17, 15) is 14.0 Å². The Hall–Kier alpha value is -3.00. The fourth-order valence-electron chi connectivity index (χ4n) is 4.02. The SMILES string of the molecule is Cc1ccc(C(=O)N[C@H](C(=O)NC2CC2)C2CCN(C(=S)Nc3ccc(F)cc3)CC2)cc1. The number of piperidine rings is 1. The Morgan fingerprint density at radius 1 is 1.00 bits per heavy atom. The van der Waals surface area contributed by atoms with Crippen LogP contribution in [0.15, 0.2) is 48.5 Å². The number of aryl methyl sites for hydroxylation is 1. The van der Waals surface area contributed by atoms with Gasteiger partial charge in [0.15, 0.2) is 5.11 Å². The van der Waals surface area contributed by atoms with E-state index in [0.29, 0.717) is 23.8 Å². The van der Waals surface area contributed by atoms with Gasteiger partial charge in [0.05, 0.1) is 0 Å². The minimum atomic E-state index is -0.583. The van der Waals surface area contributed by atoms with Gasteiger partial charge in [0.2, 0.25) is 5.91 Å². The summed E-state index contributed by atoms with van der Waals surface area (Å²) in [5.74, 6) is -0.621. The second kappa shape index (κ2) is 10.3. The number of benzene rings is 2. The van der Waals surface area contributed by atoms with Crippen molar-refractivity contribution in [2.45, 2.75) is 44.7 Å². The van der Waals surface area contributed by atoms with Crippen LogP contribution in [0.25, 0.3) is 0 Å². The molecule has 0 unspecified atom stereocenters. The molecule has 0 spiro atoms. The molecule has 3 N–H and O–H groups in total. The molecule has 174 valence electrons. The normalized spacial score (nSPS) is 17.2. The molecule has 1 heterocycles. The van der Waals surface area contributed by atoms with Crippen molar-refractivity contribution in [2.75, 3.05) is 18.4 Å². The van der Waals surface area contributed by atoms with Crippen LogP contribution < -0.4 is 16.0 Å². The number of carbonyl (C=O) groups is 2. The minimum absolute atomic E-state index is 0.0167. The van der Waals surface area contributed by atoms with Crippen molar-refractivity contribution in [3.63, 3.8) is 0 Å². The lowest BCUT2D eigenvalue weighted by Crippen LogP contribution is -2.54. The number of carbonyl (C=O) groups excluding carboxylic acids is 2. The highest BCUT2D eigenvalue weighted by Gasteiger charge is 2.35. The van der Waals surface area contributed by atoms with Crippen molar-refractivity contribution in [1.29, 1.82) is 0 Å². The molecule has 33 heavy (non-hydrogen) atoms. The molecular formula is C25H29FN4O2S. The van der Waals surface area contributed by atoms with E-state index in [4.69, 9.17) is 12.2 Å². The van der Waals surface area contributed by atoms with E-state index in [1.165, 1.54) is 12.1 Å². The molecule has 2 aromatic carbocycles. The van der Waals surface area contributed by atoms with Gasteiger partial charge in [-0.15, -0.1) is 0 Å². The predicted molar refractivity (Wildman–Crippen MR) is 131 cm³/mol. The van der Waals surface area contributed by atoms with Crippen molar-refractivity contribution in [3.05, 3.63) is 65.5 Å². The summed E-state index contributed by atoms with van der Waals surface area (Å²) in [6, 6.07) is 13.0. The maximum atomic E-state index is 13.1. The number of amides is 2. The molecule has 0 bridgehead atoms. The summed E-state index contributed by atoms with van der Waals surface area (Å²) in [6.45, 7) is 3.31. The van der Waals surface area contributed by atoms with Gasteiger partial charge in [0.1, 0.15) is 11.9 Å². The fourth-order valence-corrected chi connectivity index (χ4v) is 4.32. The van der Waals surface area contributed by atoms with Gasteiger partial charge in [-0.2, -0.15) is 0 Å². The van der Waals surface area contributed by atoms with E-state index in [-0.39, 0.29) is 29.6 Å². The maximum absolute atomic E-state index is 13.1. The number of anilines is 1. The largest absolute Gasteiger partial charge is 0.352 e. The van der Waals surface area contributed by atoms with Crippen LogP contribution in [0.3, 0.4) is 0 Å². The Bertz CT molecular complexity index is 1000.